The van der Waals surface area contributed by atoms with Gasteiger partial charge in [0.05, 0.1) is 23.9 Å². The standard InChI is InChI=1S/C13H11N3O4/c1-20-10-4-5-12(16(18)19)11(7-10)13(17)15-9-3-2-6-14-8-9/h2-8H,1H3,(H,15,17). The Hall–Kier alpha value is -2.96. The van der Waals surface area contributed by atoms with E-state index in [0.29, 0.717) is 11.4 Å². The van der Waals surface area contributed by atoms with E-state index in [0.717, 1.165) is 0 Å². The summed E-state index contributed by atoms with van der Waals surface area (Å²) >= 11 is 0. The van der Waals surface area contributed by atoms with Gasteiger partial charge in [0.1, 0.15) is 11.3 Å². The highest BCUT2D eigenvalue weighted by atomic mass is 16.6. The monoisotopic (exact) mass is 273 g/mol. The number of nitro benzene ring substituents is 1. The molecule has 2 aromatic rings. The maximum atomic E-state index is 12.1. The number of anilines is 1. The van der Waals surface area contributed by atoms with Gasteiger partial charge in [-0.1, -0.05) is 0 Å². The molecule has 0 bridgehead atoms. The lowest BCUT2D eigenvalue weighted by Gasteiger charge is -2.07. The molecule has 20 heavy (non-hydrogen) atoms. The highest BCUT2D eigenvalue weighted by Crippen LogP contribution is 2.24. The average Bonchev–Trinajstić information content (AvgIpc) is 2.47. The molecule has 0 unspecified atom stereocenters. The summed E-state index contributed by atoms with van der Waals surface area (Å²) in [6.07, 6.45) is 3.01. The number of nitrogens with one attached hydrogen (secondary N) is 1. The van der Waals surface area contributed by atoms with Crippen LogP contribution in [0.25, 0.3) is 0 Å². The third-order valence-corrected chi connectivity index (χ3v) is 2.56. The van der Waals surface area contributed by atoms with Gasteiger partial charge in [0.2, 0.25) is 0 Å². The Morgan fingerprint density at radius 2 is 2.20 bits per heavy atom. The summed E-state index contributed by atoms with van der Waals surface area (Å²) in [7, 11) is 1.42. The predicted molar refractivity (Wildman–Crippen MR) is 71.8 cm³/mol. The first-order chi connectivity index (χ1) is 9.61. The molecule has 0 atom stereocenters. The first kappa shape index (κ1) is 13.5. The molecule has 0 saturated carbocycles. The molecule has 0 spiro atoms. The summed E-state index contributed by atoms with van der Waals surface area (Å²) in [4.78, 5) is 26.3. The number of ether oxygens (including phenoxy) is 1. The fourth-order valence-corrected chi connectivity index (χ4v) is 1.62. The molecule has 1 N–H and O–H groups in total. The first-order valence-corrected chi connectivity index (χ1v) is 5.65. The van der Waals surface area contributed by atoms with Crippen molar-refractivity contribution in [2.75, 3.05) is 12.4 Å². The van der Waals surface area contributed by atoms with Gasteiger partial charge in [0.25, 0.3) is 11.6 Å². The number of aromatic nitrogens is 1. The number of benzene rings is 1. The number of pyridine rings is 1. The molecule has 1 aromatic heterocycles. The second kappa shape index (κ2) is 5.79. The minimum atomic E-state index is -0.613. The SMILES string of the molecule is COc1ccc([N+](=O)[O-])c(C(=O)Nc2cccnc2)c1. The molecular weight excluding hydrogens is 262 g/mol. The summed E-state index contributed by atoms with van der Waals surface area (Å²) in [6, 6.07) is 7.27. The summed E-state index contributed by atoms with van der Waals surface area (Å²) in [5, 5.41) is 13.5. The van der Waals surface area contributed by atoms with Crippen molar-refractivity contribution < 1.29 is 14.5 Å². The number of methoxy groups -OCH3 is 1. The van der Waals surface area contributed by atoms with Crippen molar-refractivity contribution in [3.63, 3.8) is 0 Å². The Bertz CT molecular complexity index is 643. The van der Waals surface area contributed by atoms with Crippen LogP contribution in [-0.4, -0.2) is 22.9 Å². The number of nitrogens with zero attached hydrogens (tertiary/aromatic N) is 2. The third-order valence-electron chi connectivity index (χ3n) is 2.56. The van der Waals surface area contributed by atoms with E-state index >= 15 is 0 Å². The van der Waals surface area contributed by atoms with Gasteiger partial charge in [0.15, 0.2) is 0 Å². The quantitative estimate of drug-likeness (QED) is 0.681. The van der Waals surface area contributed by atoms with E-state index in [1.807, 2.05) is 0 Å². The first-order valence-electron chi connectivity index (χ1n) is 5.65. The zero-order valence-electron chi connectivity index (χ0n) is 10.6. The van der Waals surface area contributed by atoms with Crippen LogP contribution in [0.15, 0.2) is 42.7 Å². The van der Waals surface area contributed by atoms with E-state index in [1.54, 1.807) is 18.3 Å². The van der Waals surface area contributed by atoms with Crippen molar-refractivity contribution in [3.8, 4) is 5.75 Å². The molecule has 0 aliphatic carbocycles. The number of amides is 1. The van der Waals surface area contributed by atoms with Crippen LogP contribution >= 0.6 is 0 Å². The van der Waals surface area contributed by atoms with Gasteiger partial charge in [-0.05, 0) is 24.3 Å². The topological polar surface area (TPSA) is 94.4 Å². The Labute approximate surface area is 114 Å². The maximum Gasteiger partial charge on any atom is 0.282 e. The minimum Gasteiger partial charge on any atom is -0.497 e. The predicted octanol–water partition coefficient (Wildman–Crippen LogP) is 2.25. The number of carbonyl (C=O) groups is 1. The second-order valence-corrected chi connectivity index (χ2v) is 3.84. The number of hydrogen-bond acceptors (Lipinski definition) is 5. The lowest BCUT2D eigenvalue weighted by Crippen LogP contribution is -2.14. The van der Waals surface area contributed by atoms with Crippen molar-refractivity contribution in [2.45, 2.75) is 0 Å². The zero-order valence-corrected chi connectivity index (χ0v) is 10.6. The van der Waals surface area contributed by atoms with Gasteiger partial charge in [-0.15, -0.1) is 0 Å². The molecular formula is C13H11N3O4. The van der Waals surface area contributed by atoms with Crippen molar-refractivity contribution in [2.24, 2.45) is 0 Å². The van der Waals surface area contributed by atoms with Gasteiger partial charge in [-0.2, -0.15) is 0 Å². The average molecular weight is 273 g/mol. The van der Waals surface area contributed by atoms with Crippen LogP contribution in [-0.2, 0) is 0 Å². The maximum absolute atomic E-state index is 12.1. The fourth-order valence-electron chi connectivity index (χ4n) is 1.62. The van der Waals surface area contributed by atoms with Crippen LogP contribution in [0.2, 0.25) is 0 Å². The van der Waals surface area contributed by atoms with Crippen LogP contribution in [0.1, 0.15) is 10.4 Å². The molecule has 0 aliphatic heterocycles. The van der Waals surface area contributed by atoms with Crippen molar-refractivity contribution in [1.29, 1.82) is 0 Å². The van der Waals surface area contributed by atoms with Gasteiger partial charge < -0.3 is 10.1 Å². The number of hydrogen-bond donors (Lipinski definition) is 1. The highest BCUT2D eigenvalue weighted by Gasteiger charge is 2.21. The van der Waals surface area contributed by atoms with E-state index in [4.69, 9.17) is 4.74 Å². The van der Waals surface area contributed by atoms with E-state index < -0.39 is 10.8 Å². The van der Waals surface area contributed by atoms with Crippen LogP contribution in [0, 0.1) is 10.1 Å². The van der Waals surface area contributed by atoms with Gasteiger partial charge in [-0.25, -0.2) is 0 Å². The molecule has 1 amide bonds. The van der Waals surface area contributed by atoms with Crippen LogP contribution < -0.4 is 10.1 Å². The van der Waals surface area contributed by atoms with E-state index in [9.17, 15) is 14.9 Å². The molecule has 2 rings (SSSR count). The van der Waals surface area contributed by atoms with Crippen LogP contribution in [0.4, 0.5) is 11.4 Å². The lowest BCUT2D eigenvalue weighted by atomic mass is 10.1. The molecule has 0 saturated heterocycles. The Morgan fingerprint density at radius 1 is 1.40 bits per heavy atom. The number of carbonyl (C=O) groups excluding carboxylic acids is 1. The van der Waals surface area contributed by atoms with Gasteiger partial charge in [0, 0.05) is 12.3 Å². The molecule has 0 radical (unpaired) electrons. The number of rotatable bonds is 4. The number of nitro groups is 1. The molecule has 0 aliphatic rings. The van der Waals surface area contributed by atoms with E-state index in [-0.39, 0.29) is 11.3 Å². The third kappa shape index (κ3) is 2.89. The molecule has 1 aromatic carbocycles. The molecule has 1 heterocycles. The van der Waals surface area contributed by atoms with Gasteiger partial charge in [-0.3, -0.25) is 19.9 Å². The highest BCUT2D eigenvalue weighted by molar-refractivity contribution is 6.07. The van der Waals surface area contributed by atoms with Crippen molar-refractivity contribution in [1.82, 2.24) is 4.98 Å². The summed E-state index contributed by atoms with van der Waals surface area (Å²) in [5.74, 6) is -0.226. The summed E-state index contributed by atoms with van der Waals surface area (Å²) < 4.78 is 4.98. The smallest absolute Gasteiger partial charge is 0.282 e. The van der Waals surface area contributed by atoms with Crippen LogP contribution in [0.3, 0.4) is 0 Å². The summed E-state index contributed by atoms with van der Waals surface area (Å²) in [5.41, 5.74) is 0.0972. The van der Waals surface area contributed by atoms with E-state index in [2.05, 4.69) is 10.3 Å². The van der Waals surface area contributed by atoms with Crippen LogP contribution in [0.5, 0.6) is 5.75 Å². The van der Waals surface area contributed by atoms with E-state index in [1.165, 1.54) is 31.5 Å². The molecule has 0 fully saturated rings. The minimum absolute atomic E-state index is 0.0711. The summed E-state index contributed by atoms with van der Waals surface area (Å²) in [6.45, 7) is 0. The Kier molecular flexibility index (Phi) is 3.90. The molecule has 7 heteroatoms. The Morgan fingerprint density at radius 3 is 2.80 bits per heavy atom. The molecule has 7 nitrogen and oxygen atoms in total. The zero-order chi connectivity index (χ0) is 14.5. The van der Waals surface area contributed by atoms with Crippen molar-refractivity contribution in [3.05, 3.63) is 58.4 Å². The molecule has 102 valence electrons. The fraction of sp³-hybridized carbons (Fsp3) is 0.0769. The largest absolute Gasteiger partial charge is 0.497 e. The van der Waals surface area contributed by atoms with Crippen molar-refractivity contribution >= 4 is 17.3 Å². The van der Waals surface area contributed by atoms with Gasteiger partial charge >= 0.3 is 0 Å². The lowest BCUT2D eigenvalue weighted by molar-refractivity contribution is -0.385. The second-order valence-electron chi connectivity index (χ2n) is 3.84. The Balaban J connectivity index is 2.35. The normalized spacial score (nSPS) is 9.85.